The van der Waals surface area contributed by atoms with Crippen molar-refractivity contribution in [3.05, 3.63) is 21.9 Å². The van der Waals surface area contributed by atoms with Gasteiger partial charge in [0.25, 0.3) is 5.91 Å². The summed E-state index contributed by atoms with van der Waals surface area (Å²) in [5.74, 6) is -0.472. The third-order valence-corrected chi connectivity index (χ3v) is 4.01. The largest absolute Gasteiger partial charge is 0.277 e. The Morgan fingerprint density at radius 3 is 2.43 bits per heavy atom. The number of aryl methyl sites for hydroxylation is 1. The molecule has 0 radical (unpaired) electrons. The normalized spacial score (nSPS) is 11.4. The molecule has 0 aliphatic rings. The average molecular weight is 233 g/mol. The lowest BCUT2D eigenvalue weighted by Crippen LogP contribution is -2.31. The van der Waals surface area contributed by atoms with E-state index in [0.29, 0.717) is 4.88 Å². The number of amides is 1. The maximum atomic E-state index is 11.6. The first-order valence-electron chi connectivity index (χ1n) is 3.86. The van der Waals surface area contributed by atoms with E-state index in [0.717, 1.165) is 16.1 Å². The summed E-state index contributed by atoms with van der Waals surface area (Å²) in [7, 11) is -2.19. The standard InChI is InChI=1S/C8H11NO3S2/c1-6-4-5-13-7(6)8(10)9(2)14(3,11)12/h4-5H,1-3H3. The van der Waals surface area contributed by atoms with Crippen LogP contribution in [-0.4, -0.2) is 31.9 Å². The zero-order valence-corrected chi connectivity index (χ0v) is 9.78. The Balaban J connectivity index is 3.04. The van der Waals surface area contributed by atoms with Crippen LogP contribution in [0.4, 0.5) is 0 Å². The molecule has 0 spiro atoms. The molecule has 1 aromatic rings. The molecule has 6 heteroatoms. The maximum absolute atomic E-state index is 11.6. The Kier molecular flexibility index (Phi) is 2.96. The second-order valence-electron chi connectivity index (χ2n) is 2.97. The second kappa shape index (κ2) is 3.70. The lowest BCUT2D eigenvalue weighted by molar-refractivity contribution is 0.0887. The highest BCUT2D eigenvalue weighted by molar-refractivity contribution is 7.88. The smallest absolute Gasteiger partial charge is 0.267 e. The van der Waals surface area contributed by atoms with Crippen LogP contribution in [-0.2, 0) is 10.0 Å². The van der Waals surface area contributed by atoms with Crippen LogP contribution in [0, 0.1) is 6.92 Å². The van der Waals surface area contributed by atoms with E-state index in [-0.39, 0.29) is 0 Å². The lowest BCUT2D eigenvalue weighted by Gasteiger charge is -2.13. The van der Waals surface area contributed by atoms with Gasteiger partial charge in [0, 0.05) is 7.05 Å². The Hall–Kier alpha value is -0.880. The van der Waals surface area contributed by atoms with Crippen LogP contribution in [0.15, 0.2) is 11.4 Å². The van der Waals surface area contributed by atoms with Crippen LogP contribution < -0.4 is 0 Å². The Morgan fingerprint density at radius 2 is 2.07 bits per heavy atom. The molecular weight excluding hydrogens is 222 g/mol. The van der Waals surface area contributed by atoms with Gasteiger partial charge >= 0.3 is 0 Å². The van der Waals surface area contributed by atoms with Gasteiger partial charge in [0.1, 0.15) is 0 Å². The first-order valence-corrected chi connectivity index (χ1v) is 6.59. The van der Waals surface area contributed by atoms with E-state index in [1.807, 2.05) is 0 Å². The molecule has 1 heterocycles. The van der Waals surface area contributed by atoms with Crippen molar-refractivity contribution in [1.82, 2.24) is 4.31 Å². The van der Waals surface area contributed by atoms with Gasteiger partial charge in [0.2, 0.25) is 10.0 Å². The molecule has 4 nitrogen and oxygen atoms in total. The van der Waals surface area contributed by atoms with E-state index in [4.69, 9.17) is 0 Å². The molecular formula is C8H11NO3S2. The molecule has 0 aromatic carbocycles. The predicted molar refractivity (Wildman–Crippen MR) is 56.0 cm³/mol. The Bertz CT molecular complexity index is 447. The summed E-state index contributed by atoms with van der Waals surface area (Å²) < 4.78 is 22.9. The molecule has 1 aromatic heterocycles. The maximum Gasteiger partial charge on any atom is 0.277 e. The van der Waals surface area contributed by atoms with Gasteiger partial charge in [-0.05, 0) is 23.9 Å². The highest BCUT2D eigenvalue weighted by Gasteiger charge is 2.21. The summed E-state index contributed by atoms with van der Waals surface area (Å²) in [6.45, 7) is 1.78. The summed E-state index contributed by atoms with van der Waals surface area (Å²) in [5.41, 5.74) is 0.801. The van der Waals surface area contributed by atoms with Crippen LogP contribution >= 0.6 is 11.3 Å². The quantitative estimate of drug-likeness (QED) is 0.768. The number of hydrogen-bond donors (Lipinski definition) is 0. The van der Waals surface area contributed by atoms with Gasteiger partial charge in [-0.3, -0.25) is 4.79 Å². The number of rotatable bonds is 2. The lowest BCUT2D eigenvalue weighted by atomic mass is 10.3. The van der Waals surface area contributed by atoms with Gasteiger partial charge < -0.3 is 0 Å². The number of carbonyl (C=O) groups excluding carboxylic acids is 1. The van der Waals surface area contributed by atoms with Crippen molar-refractivity contribution < 1.29 is 13.2 Å². The van der Waals surface area contributed by atoms with Crippen LogP contribution in [0.3, 0.4) is 0 Å². The van der Waals surface area contributed by atoms with Crippen molar-refractivity contribution >= 4 is 27.3 Å². The number of nitrogens with zero attached hydrogens (tertiary/aromatic N) is 1. The molecule has 0 saturated heterocycles. The highest BCUT2D eigenvalue weighted by atomic mass is 32.2. The molecule has 0 N–H and O–H groups in total. The van der Waals surface area contributed by atoms with Crippen LogP contribution in [0.25, 0.3) is 0 Å². The van der Waals surface area contributed by atoms with Crippen molar-refractivity contribution in [2.75, 3.05) is 13.3 Å². The van der Waals surface area contributed by atoms with Gasteiger partial charge in [0.15, 0.2) is 0 Å². The molecule has 0 aliphatic heterocycles. The average Bonchev–Trinajstić information content (AvgIpc) is 2.47. The summed E-state index contributed by atoms with van der Waals surface area (Å²) in [4.78, 5) is 12.1. The van der Waals surface area contributed by atoms with E-state index < -0.39 is 15.9 Å². The highest BCUT2D eigenvalue weighted by Crippen LogP contribution is 2.18. The monoisotopic (exact) mass is 233 g/mol. The van der Waals surface area contributed by atoms with Crippen molar-refractivity contribution in [2.45, 2.75) is 6.92 Å². The van der Waals surface area contributed by atoms with E-state index >= 15 is 0 Å². The number of hydrogen-bond acceptors (Lipinski definition) is 4. The minimum absolute atomic E-state index is 0.470. The first-order chi connectivity index (χ1) is 6.34. The second-order valence-corrected chi connectivity index (χ2v) is 5.90. The van der Waals surface area contributed by atoms with Crippen molar-refractivity contribution in [1.29, 1.82) is 0 Å². The fourth-order valence-corrected chi connectivity index (χ4v) is 2.24. The summed E-state index contributed by atoms with van der Waals surface area (Å²) in [5, 5.41) is 1.76. The molecule has 78 valence electrons. The van der Waals surface area contributed by atoms with Crippen LogP contribution in [0.1, 0.15) is 15.2 Å². The zero-order valence-electron chi connectivity index (χ0n) is 8.14. The van der Waals surface area contributed by atoms with E-state index in [1.54, 1.807) is 18.4 Å². The molecule has 1 amide bonds. The van der Waals surface area contributed by atoms with Gasteiger partial charge in [0.05, 0.1) is 11.1 Å². The summed E-state index contributed by atoms with van der Waals surface area (Å²) in [6, 6.07) is 1.79. The molecule has 0 saturated carbocycles. The van der Waals surface area contributed by atoms with Gasteiger partial charge in [-0.2, -0.15) is 0 Å². The van der Waals surface area contributed by atoms with E-state index in [2.05, 4.69) is 0 Å². The molecule has 14 heavy (non-hydrogen) atoms. The molecule has 0 bridgehead atoms. The molecule has 0 unspecified atom stereocenters. The van der Waals surface area contributed by atoms with Crippen LogP contribution in [0.2, 0.25) is 0 Å². The van der Waals surface area contributed by atoms with Crippen molar-refractivity contribution in [3.63, 3.8) is 0 Å². The predicted octanol–water partition coefficient (Wildman–Crippen LogP) is 1.09. The molecule has 0 fully saturated rings. The molecule has 0 aliphatic carbocycles. The van der Waals surface area contributed by atoms with Gasteiger partial charge in [-0.15, -0.1) is 11.3 Å². The summed E-state index contributed by atoms with van der Waals surface area (Å²) in [6.07, 6.45) is 1.01. The van der Waals surface area contributed by atoms with Gasteiger partial charge in [-0.1, -0.05) is 0 Å². The van der Waals surface area contributed by atoms with E-state index in [1.165, 1.54) is 18.4 Å². The van der Waals surface area contributed by atoms with E-state index in [9.17, 15) is 13.2 Å². The Morgan fingerprint density at radius 1 is 1.50 bits per heavy atom. The Labute approximate surface area is 87.2 Å². The zero-order chi connectivity index (χ0) is 10.9. The van der Waals surface area contributed by atoms with Crippen LogP contribution in [0.5, 0.6) is 0 Å². The minimum atomic E-state index is -3.45. The molecule has 1 rings (SSSR count). The number of sulfonamides is 1. The van der Waals surface area contributed by atoms with Gasteiger partial charge in [-0.25, -0.2) is 12.7 Å². The SMILES string of the molecule is Cc1ccsc1C(=O)N(C)S(C)(=O)=O. The third kappa shape index (κ3) is 2.13. The third-order valence-electron chi connectivity index (χ3n) is 1.84. The first kappa shape index (κ1) is 11.2. The fraction of sp³-hybridized carbons (Fsp3) is 0.375. The topological polar surface area (TPSA) is 54.5 Å². The fourth-order valence-electron chi connectivity index (χ4n) is 0.885. The number of thiophene rings is 1. The number of carbonyl (C=O) groups is 1. The van der Waals surface area contributed by atoms with Crippen molar-refractivity contribution in [3.8, 4) is 0 Å². The summed E-state index contributed by atoms with van der Waals surface area (Å²) >= 11 is 1.25. The minimum Gasteiger partial charge on any atom is -0.267 e. The van der Waals surface area contributed by atoms with Crippen molar-refractivity contribution in [2.24, 2.45) is 0 Å². The molecule has 0 atom stereocenters.